The van der Waals surface area contributed by atoms with E-state index in [9.17, 15) is 18.4 Å². The second-order valence-electron chi connectivity index (χ2n) is 9.25. The maximum Gasteiger partial charge on any atom is 0.412 e. The van der Waals surface area contributed by atoms with Crippen LogP contribution in [0.25, 0.3) is 0 Å². The Morgan fingerprint density at radius 3 is 2.31 bits per heavy atom. The van der Waals surface area contributed by atoms with Crippen LogP contribution >= 0.6 is 0 Å². The normalized spacial score (nSPS) is 16.9. The number of ether oxygens (including phenoxy) is 2. The number of carbonyl (C=O) groups excluding carboxylic acids is 2. The number of halogens is 2. The minimum absolute atomic E-state index is 0.00751. The predicted octanol–water partition coefficient (Wildman–Crippen LogP) is 5.74. The maximum absolute atomic E-state index is 13.4. The Morgan fingerprint density at radius 1 is 1.03 bits per heavy atom. The summed E-state index contributed by atoms with van der Waals surface area (Å²) < 4.78 is 38.1. The molecule has 0 fully saturated rings. The topological polar surface area (TPSA) is 88.7 Å². The quantitative estimate of drug-likeness (QED) is 0.560. The third-order valence-electron chi connectivity index (χ3n) is 4.54. The van der Waals surface area contributed by atoms with Gasteiger partial charge < -0.3 is 20.1 Å². The smallest absolute Gasteiger partial charge is 0.412 e. The summed E-state index contributed by atoms with van der Waals surface area (Å²) in [4.78, 5) is 24.7. The van der Waals surface area contributed by atoms with E-state index in [4.69, 9.17) is 9.47 Å². The molecule has 0 saturated heterocycles. The van der Waals surface area contributed by atoms with E-state index in [1.54, 1.807) is 39.0 Å². The first-order chi connectivity index (χ1) is 14.8. The number of rotatable bonds is 3. The van der Waals surface area contributed by atoms with Gasteiger partial charge in [-0.25, -0.2) is 18.4 Å². The first-order valence-corrected chi connectivity index (χ1v) is 10.2. The van der Waals surface area contributed by atoms with Gasteiger partial charge >= 0.3 is 12.1 Å². The predicted molar refractivity (Wildman–Crippen MR) is 117 cm³/mol. The number of anilines is 2. The van der Waals surface area contributed by atoms with E-state index in [1.165, 1.54) is 0 Å². The minimum Gasteiger partial charge on any atom is -0.487 e. The van der Waals surface area contributed by atoms with Crippen molar-refractivity contribution in [2.75, 3.05) is 10.6 Å². The maximum atomic E-state index is 13.4. The third-order valence-corrected chi connectivity index (χ3v) is 4.54. The lowest BCUT2D eigenvalue weighted by molar-refractivity contribution is 0.0631. The first kappa shape index (κ1) is 23.3. The minimum atomic E-state index is -0.796. The van der Waals surface area contributed by atoms with E-state index in [-0.39, 0.29) is 5.69 Å². The highest BCUT2D eigenvalue weighted by atomic mass is 19.1. The van der Waals surface area contributed by atoms with Crippen LogP contribution in [-0.2, 0) is 4.74 Å². The lowest BCUT2D eigenvalue weighted by Crippen LogP contribution is -2.42. The van der Waals surface area contributed by atoms with Gasteiger partial charge in [-0.3, -0.25) is 5.32 Å². The van der Waals surface area contributed by atoms with Crippen LogP contribution in [0, 0.1) is 11.6 Å². The Labute approximate surface area is 185 Å². The number of nitrogens with one attached hydrogen (secondary N) is 3. The average Bonchev–Trinajstić information content (AvgIpc) is 2.58. The molecule has 2 aromatic carbocycles. The van der Waals surface area contributed by atoms with Crippen LogP contribution in [0.3, 0.4) is 0 Å². The molecule has 7 nitrogen and oxygen atoms in total. The zero-order valence-corrected chi connectivity index (χ0v) is 18.6. The molecule has 2 aromatic rings. The van der Waals surface area contributed by atoms with Gasteiger partial charge in [-0.05, 0) is 65.0 Å². The first-order valence-electron chi connectivity index (χ1n) is 10.2. The number of carbonyl (C=O) groups is 2. The van der Waals surface area contributed by atoms with Crippen molar-refractivity contribution in [1.29, 1.82) is 0 Å². The van der Waals surface area contributed by atoms with Crippen molar-refractivity contribution in [3.05, 3.63) is 53.6 Å². The summed E-state index contributed by atoms with van der Waals surface area (Å²) in [5, 5.41) is 7.93. The molecule has 0 spiro atoms. The van der Waals surface area contributed by atoms with Gasteiger partial charge in [-0.2, -0.15) is 0 Å². The fraction of sp³-hybridized carbons (Fsp3) is 0.391. The molecular weight excluding hydrogens is 420 g/mol. The second-order valence-corrected chi connectivity index (χ2v) is 9.25. The lowest BCUT2D eigenvalue weighted by atomic mass is 9.89. The van der Waals surface area contributed by atoms with E-state index in [0.717, 1.165) is 18.2 Å². The Bertz CT molecular complexity index is 1010. The van der Waals surface area contributed by atoms with Crippen LogP contribution in [-0.4, -0.2) is 23.3 Å². The van der Waals surface area contributed by atoms with Crippen LogP contribution in [0.15, 0.2) is 36.4 Å². The molecule has 0 bridgehead atoms. The summed E-state index contributed by atoms with van der Waals surface area (Å²) in [6.07, 6.45) is -0.175. The van der Waals surface area contributed by atoms with Crippen molar-refractivity contribution in [1.82, 2.24) is 5.32 Å². The summed E-state index contributed by atoms with van der Waals surface area (Å²) in [6.45, 7) is 9.06. The molecule has 172 valence electrons. The largest absolute Gasteiger partial charge is 0.487 e. The fourth-order valence-electron chi connectivity index (χ4n) is 3.43. The molecule has 1 heterocycles. The van der Waals surface area contributed by atoms with Gasteiger partial charge in [0, 0.05) is 29.4 Å². The number of benzene rings is 2. The molecule has 0 aromatic heterocycles. The van der Waals surface area contributed by atoms with Crippen molar-refractivity contribution in [3.8, 4) is 5.75 Å². The molecule has 3 rings (SSSR count). The van der Waals surface area contributed by atoms with Gasteiger partial charge in [-0.1, -0.05) is 0 Å². The highest BCUT2D eigenvalue weighted by molar-refractivity contribution is 5.90. The van der Waals surface area contributed by atoms with Gasteiger partial charge in [0.1, 0.15) is 28.6 Å². The summed E-state index contributed by atoms with van der Waals surface area (Å²) >= 11 is 0. The van der Waals surface area contributed by atoms with Crippen LogP contribution in [0.1, 0.15) is 52.6 Å². The van der Waals surface area contributed by atoms with E-state index in [0.29, 0.717) is 23.4 Å². The van der Waals surface area contributed by atoms with E-state index in [1.807, 2.05) is 13.8 Å². The number of urea groups is 1. The van der Waals surface area contributed by atoms with Crippen molar-refractivity contribution in [2.45, 2.75) is 58.3 Å². The zero-order chi connectivity index (χ0) is 23.7. The highest BCUT2D eigenvalue weighted by Gasteiger charge is 2.35. The van der Waals surface area contributed by atoms with Crippen LogP contribution < -0.4 is 20.7 Å². The molecule has 9 heteroatoms. The van der Waals surface area contributed by atoms with Gasteiger partial charge in [0.2, 0.25) is 0 Å². The average molecular weight is 447 g/mol. The van der Waals surface area contributed by atoms with Crippen molar-refractivity contribution < 1.29 is 27.8 Å². The summed E-state index contributed by atoms with van der Waals surface area (Å²) in [6, 6.07) is 6.73. The Morgan fingerprint density at radius 2 is 1.69 bits per heavy atom. The van der Waals surface area contributed by atoms with Crippen molar-refractivity contribution in [3.63, 3.8) is 0 Å². The van der Waals surface area contributed by atoms with Gasteiger partial charge in [-0.15, -0.1) is 0 Å². The van der Waals surface area contributed by atoms with Gasteiger partial charge in [0.25, 0.3) is 0 Å². The zero-order valence-electron chi connectivity index (χ0n) is 18.6. The van der Waals surface area contributed by atoms with Crippen LogP contribution in [0.2, 0.25) is 0 Å². The van der Waals surface area contributed by atoms with Crippen LogP contribution in [0.4, 0.5) is 29.7 Å². The number of hydrogen-bond donors (Lipinski definition) is 3. The van der Waals surface area contributed by atoms with Gasteiger partial charge in [0.05, 0.1) is 6.04 Å². The SMILES string of the molecule is CC(C)(C)OC(=O)Nc1ccc2c(c1)[C@H](NC(=O)Nc1cc(F)cc(F)c1)CC(C)(C)O2. The summed E-state index contributed by atoms with van der Waals surface area (Å²) in [5.74, 6) is -1.04. The van der Waals surface area contributed by atoms with E-state index in [2.05, 4.69) is 16.0 Å². The molecule has 1 aliphatic heterocycles. The van der Waals surface area contributed by atoms with E-state index < -0.39 is 41.0 Å². The highest BCUT2D eigenvalue weighted by Crippen LogP contribution is 2.40. The number of hydrogen-bond acceptors (Lipinski definition) is 4. The molecule has 0 saturated carbocycles. The van der Waals surface area contributed by atoms with Crippen molar-refractivity contribution >= 4 is 23.5 Å². The Hall–Kier alpha value is -3.36. The standard InChI is InChI=1S/C23H27F2N3O4/c1-22(2,3)32-21(30)27-15-6-7-19-17(11-15)18(12-23(4,5)31-19)28-20(29)26-16-9-13(24)8-14(25)10-16/h6-11,18H,12H2,1-5H3,(H,27,30)(H2,26,28,29)/t18-/m1/s1. The molecule has 0 aliphatic carbocycles. The molecule has 0 radical (unpaired) electrons. The monoisotopic (exact) mass is 447 g/mol. The molecule has 1 aliphatic rings. The molecule has 0 unspecified atom stereocenters. The Balaban J connectivity index is 1.79. The summed E-state index contributed by atoms with van der Waals surface area (Å²) in [5.41, 5.74) is -0.105. The molecule has 1 atom stereocenters. The summed E-state index contributed by atoms with van der Waals surface area (Å²) in [7, 11) is 0. The molecule has 3 N–H and O–H groups in total. The third kappa shape index (κ3) is 6.32. The second kappa shape index (κ2) is 8.64. The molecular formula is C23H27F2N3O4. The molecule has 3 amide bonds. The van der Waals surface area contributed by atoms with Crippen LogP contribution in [0.5, 0.6) is 5.75 Å². The Kier molecular flexibility index (Phi) is 6.29. The lowest BCUT2D eigenvalue weighted by Gasteiger charge is -2.38. The van der Waals surface area contributed by atoms with E-state index >= 15 is 0 Å². The molecule has 32 heavy (non-hydrogen) atoms. The van der Waals surface area contributed by atoms with Gasteiger partial charge in [0.15, 0.2) is 0 Å². The fourth-order valence-corrected chi connectivity index (χ4v) is 3.43. The number of amides is 3. The van der Waals surface area contributed by atoms with Crippen molar-refractivity contribution in [2.24, 2.45) is 0 Å². The number of fused-ring (bicyclic) bond motifs is 1.